The Morgan fingerprint density at radius 3 is 2.40 bits per heavy atom. The maximum atomic E-state index is 14.8. The van der Waals surface area contributed by atoms with E-state index in [9.17, 15) is 14.3 Å². The molecule has 4 aliphatic carbocycles. The van der Waals surface area contributed by atoms with Crippen LogP contribution in [0.15, 0.2) is 40.9 Å². The maximum Gasteiger partial charge on any atom is 0.350 e. The summed E-state index contributed by atoms with van der Waals surface area (Å²) in [5.41, 5.74) is 0.311. The number of ether oxygens (including phenoxy) is 3. The topological polar surface area (TPSA) is 91.0 Å². The van der Waals surface area contributed by atoms with Gasteiger partial charge in [0.25, 0.3) is 0 Å². The summed E-state index contributed by atoms with van der Waals surface area (Å²) < 4.78 is 37.9. The molecule has 10 heteroatoms. The molecule has 1 N–H and O–H groups in total. The van der Waals surface area contributed by atoms with Gasteiger partial charge in [-0.3, -0.25) is 0 Å². The minimum Gasteiger partial charge on any atom is -0.475 e. The van der Waals surface area contributed by atoms with E-state index in [1.807, 2.05) is 0 Å². The molecule has 2 aromatic carbocycles. The lowest BCUT2D eigenvalue weighted by Gasteiger charge is -2.43. The van der Waals surface area contributed by atoms with Crippen LogP contribution in [0, 0.1) is 17.7 Å². The normalized spacial score (nSPS) is 27.6. The van der Waals surface area contributed by atoms with Gasteiger partial charge in [-0.1, -0.05) is 34.4 Å². The third kappa shape index (κ3) is 4.80. The highest BCUT2D eigenvalue weighted by Gasteiger charge is 2.56. The zero-order valence-electron chi connectivity index (χ0n) is 23.2. The van der Waals surface area contributed by atoms with Gasteiger partial charge in [0.2, 0.25) is 5.60 Å². The molecule has 0 saturated heterocycles. The van der Waals surface area contributed by atoms with E-state index in [1.165, 1.54) is 19.2 Å². The Bertz CT molecular complexity index is 1500. The monoisotopic (exact) mass is 615 g/mol. The van der Waals surface area contributed by atoms with E-state index < -0.39 is 23.0 Å². The van der Waals surface area contributed by atoms with Crippen LogP contribution < -0.4 is 4.74 Å². The third-order valence-corrected chi connectivity index (χ3v) is 10.2. The van der Waals surface area contributed by atoms with Crippen molar-refractivity contribution in [1.29, 1.82) is 0 Å². The van der Waals surface area contributed by atoms with E-state index in [-0.39, 0.29) is 23.7 Å². The number of benzene rings is 2. The van der Waals surface area contributed by atoms with Gasteiger partial charge in [0.15, 0.2) is 0 Å². The van der Waals surface area contributed by atoms with Gasteiger partial charge in [0.05, 0.1) is 35.5 Å². The second-order valence-electron chi connectivity index (χ2n) is 12.2. The minimum absolute atomic E-state index is 0.0994. The molecule has 0 spiro atoms. The molecule has 0 amide bonds. The smallest absolute Gasteiger partial charge is 0.350 e. The second kappa shape index (κ2) is 10.5. The lowest BCUT2D eigenvalue weighted by atomic mass is 9.69. The molecule has 1 aromatic heterocycles. The molecule has 7 nitrogen and oxygen atoms in total. The number of fused-ring (bicyclic) bond motifs is 2. The van der Waals surface area contributed by atoms with Crippen LogP contribution in [0.4, 0.5) is 4.39 Å². The Balaban J connectivity index is 1.10. The number of carbonyl (C=O) groups excluding carboxylic acids is 1. The molecular weight excluding hydrogens is 584 g/mol. The number of esters is 1. The van der Waals surface area contributed by atoms with Gasteiger partial charge in [-0.05, 0) is 80.2 Å². The highest BCUT2D eigenvalue weighted by atomic mass is 35.5. The average molecular weight is 617 g/mol. The van der Waals surface area contributed by atoms with Crippen molar-refractivity contribution < 1.29 is 33.0 Å². The van der Waals surface area contributed by atoms with Crippen LogP contribution in [0.1, 0.15) is 74.2 Å². The first-order valence-electron chi connectivity index (χ1n) is 14.6. The summed E-state index contributed by atoms with van der Waals surface area (Å²) in [6.45, 7) is 0.294. The molecule has 4 atom stereocenters. The molecule has 7 rings (SSSR count). The van der Waals surface area contributed by atoms with Crippen molar-refractivity contribution >= 4 is 29.2 Å². The summed E-state index contributed by atoms with van der Waals surface area (Å²) in [5, 5.41) is 17.4. The Morgan fingerprint density at radius 2 is 1.79 bits per heavy atom. The minimum atomic E-state index is -1.21. The fourth-order valence-electron chi connectivity index (χ4n) is 7.08. The summed E-state index contributed by atoms with van der Waals surface area (Å²) in [6.07, 6.45) is 5.87. The van der Waals surface area contributed by atoms with Crippen LogP contribution in [0.25, 0.3) is 11.3 Å². The molecule has 4 saturated carbocycles. The van der Waals surface area contributed by atoms with Gasteiger partial charge >= 0.3 is 5.97 Å². The number of aliphatic hydroxyl groups is 1. The van der Waals surface area contributed by atoms with Gasteiger partial charge in [0, 0.05) is 36.0 Å². The Kier molecular flexibility index (Phi) is 7.04. The van der Waals surface area contributed by atoms with Gasteiger partial charge in [0.1, 0.15) is 23.0 Å². The van der Waals surface area contributed by atoms with Crippen molar-refractivity contribution in [2.45, 2.75) is 81.2 Å². The number of methoxy groups -OCH3 is 1. The Morgan fingerprint density at radius 1 is 1.10 bits per heavy atom. The summed E-state index contributed by atoms with van der Waals surface area (Å²) in [4.78, 5) is 12.2. The molecule has 4 fully saturated rings. The maximum absolute atomic E-state index is 14.8. The van der Waals surface area contributed by atoms with Crippen molar-refractivity contribution in [2.75, 3.05) is 7.11 Å². The van der Waals surface area contributed by atoms with Crippen molar-refractivity contribution in [2.24, 2.45) is 11.8 Å². The first-order chi connectivity index (χ1) is 20.2. The lowest BCUT2D eigenvalue weighted by molar-refractivity contribution is -0.151. The summed E-state index contributed by atoms with van der Waals surface area (Å²) in [5.74, 6) is 0.150. The first kappa shape index (κ1) is 28.1. The molecule has 3 unspecified atom stereocenters. The fourth-order valence-corrected chi connectivity index (χ4v) is 7.66. The second-order valence-corrected chi connectivity index (χ2v) is 13.0. The summed E-state index contributed by atoms with van der Waals surface area (Å²) in [7, 11) is 1.31. The standard InChI is InChI=1S/C32H32Cl2FNO6/c1-39-30(37)31(9-10-31)41-23-14-20(11-21(35)15-23)32(38)18-7-8-19(32)13-22(12-18)40-16-24-28(36-42-29(24)17-5-6-17)27-25(33)3-2-4-26(27)34/h2-4,11,14-15,17-19,22,38H,5-10,12-13,16H2,1H3/t18-,19?,22?,32?/m0/s1. The number of halogens is 3. The van der Waals surface area contributed by atoms with Crippen LogP contribution in [-0.2, 0) is 26.5 Å². The predicted molar refractivity (Wildman–Crippen MR) is 153 cm³/mol. The van der Waals surface area contributed by atoms with Crippen LogP contribution in [0.2, 0.25) is 10.0 Å². The molecule has 42 heavy (non-hydrogen) atoms. The molecule has 1 heterocycles. The molecule has 2 bridgehead atoms. The van der Waals surface area contributed by atoms with Gasteiger partial charge in [-0.25, -0.2) is 9.18 Å². The van der Waals surface area contributed by atoms with E-state index in [0.717, 1.165) is 37.0 Å². The van der Waals surface area contributed by atoms with Gasteiger partial charge in [-0.15, -0.1) is 0 Å². The number of rotatable bonds is 9. The molecule has 4 aliphatic rings. The lowest BCUT2D eigenvalue weighted by Crippen LogP contribution is -2.44. The van der Waals surface area contributed by atoms with Crippen molar-refractivity contribution in [3.05, 3.63) is 69.1 Å². The highest BCUT2D eigenvalue weighted by molar-refractivity contribution is 6.39. The van der Waals surface area contributed by atoms with Crippen LogP contribution in [0.5, 0.6) is 5.75 Å². The highest BCUT2D eigenvalue weighted by Crippen LogP contribution is 2.57. The van der Waals surface area contributed by atoms with E-state index in [2.05, 4.69) is 5.16 Å². The quantitative estimate of drug-likeness (QED) is 0.252. The zero-order valence-corrected chi connectivity index (χ0v) is 24.7. The Hall–Kier alpha value is -2.65. The average Bonchev–Trinajstić information content (AvgIpc) is 3.89. The number of nitrogens with zero attached hydrogens (tertiary/aromatic N) is 1. The van der Waals surface area contributed by atoms with E-state index in [1.54, 1.807) is 24.3 Å². The summed E-state index contributed by atoms with van der Waals surface area (Å²) in [6, 6.07) is 9.67. The molecular formula is C32H32Cl2FNO6. The number of carbonyl (C=O) groups is 1. The van der Waals surface area contributed by atoms with Crippen molar-refractivity contribution in [3.63, 3.8) is 0 Å². The fraction of sp³-hybridized carbons (Fsp3) is 0.500. The van der Waals surface area contributed by atoms with Gasteiger partial charge < -0.3 is 23.8 Å². The van der Waals surface area contributed by atoms with Crippen LogP contribution in [0.3, 0.4) is 0 Å². The van der Waals surface area contributed by atoms with E-state index >= 15 is 0 Å². The van der Waals surface area contributed by atoms with Gasteiger partial charge in [-0.2, -0.15) is 0 Å². The molecule has 3 aromatic rings. The number of aromatic nitrogens is 1. The van der Waals surface area contributed by atoms with E-state index in [0.29, 0.717) is 65.1 Å². The first-order valence-corrected chi connectivity index (χ1v) is 15.3. The Labute approximate surface area is 253 Å². The van der Waals surface area contributed by atoms with Crippen molar-refractivity contribution in [3.8, 4) is 17.0 Å². The SMILES string of the molecule is COC(=O)C1(Oc2cc(F)cc(C3(O)C4CC[C@H]3CC(OCc3c(-c5c(Cl)cccc5Cl)noc3C3CC3)C4)c2)CC1. The summed E-state index contributed by atoms with van der Waals surface area (Å²) >= 11 is 13.0. The number of hydrogen-bond donors (Lipinski definition) is 1. The number of hydrogen-bond acceptors (Lipinski definition) is 7. The predicted octanol–water partition coefficient (Wildman–Crippen LogP) is 7.34. The van der Waals surface area contributed by atoms with Crippen molar-refractivity contribution in [1.82, 2.24) is 5.16 Å². The third-order valence-electron chi connectivity index (χ3n) is 9.54. The van der Waals surface area contributed by atoms with Crippen LogP contribution in [-0.4, -0.2) is 35.0 Å². The largest absolute Gasteiger partial charge is 0.475 e. The molecule has 0 aliphatic heterocycles. The molecule has 222 valence electrons. The molecule has 0 radical (unpaired) electrons. The van der Waals surface area contributed by atoms with E-state index in [4.69, 9.17) is 41.9 Å². The van der Waals surface area contributed by atoms with Crippen LogP contribution >= 0.6 is 23.2 Å². The zero-order chi connectivity index (χ0) is 29.2.